The average molecular weight is 274 g/mol. The Morgan fingerprint density at radius 3 is 2.50 bits per heavy atom. The first-order chi connectivity index (χ1) is 9.73. The molecule has 108 valence electrons. The summed E-state index contributed by atoms with van der Waals surface area (Å²) >= 11 is 0. The summed E-state index contributed by atoms with van der Waals surface area (Å²) in [5.41, 5.74) is 2.11. The topological polar surface area (TPSA) is 43.4 Å². The molecule has 2 aromatic rings. The van der Waals surface area contributed by atoms with Gasteiger partial charge in [-0.2, -0.15) is 0 Å². The number of hydrogen-bond donors (Lipinski definition) is 1. The maximum Gasteiger partial charge on any atom is 0.131 e. The van der Waals surface area contributed by atoms with E-state index in [9.17, 15) is 0 Å². The number of pyridine rings is 1. The van der Waals surface area contributed by atoms with Gasteiger partial charge in [0.2, 0.25) is 0 Å². The quantitative estimate of drug-likeness (QED) is 0.873. The highest BCUT2D eigenvalue weighted by Crippen LogP contribution is 2.33. The molecule has 20 heavy (non-hydrogen) atoms. The number of fused-ring (bicyclic) bond motifs is 1. The summed E-state index contributed by atoms with van der Waals surface area (Å²) in [5.74, 6) is 2.51. The number of ether oxygens (including phenoxy) is 2. The molecule has 0 radical (unpaired) electrons. The molecule has 0 aliphatic heterocycles. The van der Waals surface area contributed by atoms with E-state index < -0.39 is 0 Å². The number of methoxy groups -OCH3 is 2. The zero-order valence-corrected chi connectivity index (χ0v) is 12.6. The summed E-state index contributed by atoms with van der Waals surface area (Å²) in [6, 6.07) is 6.00. The fourth-order valence-electron chi connectivity index (χ4n) is 2.33. The van der Waals surface area contributed by atoms with Crippen LogP contribution in [0, 0.1) is 0 Å². The maximum absolute atomic E-state index is 5.46. The summed E-state index contributed by atoms with van der Waals surface area (Å²) in [4.78, 5) is 4.73. The number of rotatable bonds is 6. The van der Waals surface area contributed by atoms with Crippen molar-refractivity contribution in [2.24, 2.45) is 0 Å². The molecule has 0 amide bonds. The fourth-order valence-corrected chi connectivity index (χ4v) is 2.33. The number of aryl methyl sites for hydroxylation is 1. The number of nitrogens with one attached hydrogen (secondary N) is 1. The van der Waals surface area contributed by atoms with Gasteiger partial charge < -0.3 is 14.8 Å². The van der Waals surface area contributed by atoms with E-state index >= 15 is 0 Å². The normalized spacial score (nSPS) is 10.6. The van der Waals surface area contributed by atoms with Gasteiger partial charge in [0, 0.05) is 24.1 Å². The van der Waals surface area contributed by atoms with Crippen molar-refractivity contribution < 1.29 is 9.47 Å². The molecule has 1 aromatic carbocycles. The number of benzene rings is 1. The Morgan fingerprint density at radius 2 is 1.90 bits per heavy atom. The van der Waals surface area contributed by atoms with Gasteiger partial charge in [0.05, 0.1) is 19.7 Å². The van der Waals surface area contributed by atoms with Crippen LogP contribution in [0.1, 0.15) is 25.8 Å². The molecule has 0 spiro atoms. The minimum Gasteiger partial charge on any atom is -0.497 e. The summed E-state index contributed by atoms with van der Waals surface area (Å²) < 4.78 is 10.8. The van der Waals surface area contributed by atoms with Gasteiger partial charge in [-0.25, -0.2) is 4.98 Å². The fraction of sp³-hybridized carbons (Fsp3) is 0.438. The van der Waals surface area contributed by atoms with E-state index in [1.54, 1.807) is 14.2 Å². The third-order valence-corrected chi connectivity index (χ3v) is 3.27. The minimum absolute atomic E-state index is 0.757. The predicted molar refractivity (Wildman–Crippen MR) is 83.0 cm³/mol. The van der Waals surface area contributed by atoms with E-state index in [2.05, 4.69) is 25.2 Å². The van der Waals surface area contributed by atoms with Crippen LogP contribution in [-0.4, -0.2) is 25.7 Å². The third-order valence-electron chi connectivity index (χ3n) is 3.27. The van der Waals surface area contributed by atoms with E-state index in [1.807, 2.05) is 12.1 Å². The van der Waals surface area contributed by atoms with E-state index in [0.717, 1.165) is 47.6 Å². The van der Waals surface area contributed by atoms with Gasteiger partial charge in [0.25, 0.3) is 0 Å². The first-order valence-electron chi connectivity index (χ1n) is 7.03. The van der Waals surface area contributed by atoms with Gasteiger partial charge >= 0.3 is 0 Å². The van der Waals surface area contributed by atoms with Crippen molar-refractivity contribution in [3.05, 3.63) is 23.8 Å². The highest BCUT2D eigenvalue weighted by Gasteiger charge is 2.11. The standard InChI is InChI=1S/C16H22N2O2/c1-5-7-11-8-13-14(18-16(11)17-6-2)9-12(19-3)10-15(13)20-4/h8-10H,5-7H2,1-4H3,(H,17,18). The second-order valence-electron chi connectivity index (χ2n) is 4.67. The van der Waals surface area contributed by atoms with Crippen molar-refractivity contribution in [2.45, 2.75) is 26.7 Å². The molecular formula is C16H22N2O2. The molecule has 0 bridgehead atoms. The lowest BCUT2D eigenvalue weighted by Crippen LogP contribution is -2.04. The van der Waals surface area contributed by atoms with Crippen LogP contribution in [0.2, 0.25) is 0 Å². The van der Waals surface area contributed by atoms with Crippen molar-refractivity contribution in [2.75, 3.05) is 26.1 Å². The molecule has 1 N–H and O–H groups in total. The van der Waals surface area contributed by atoms with Crippen LogP contribution in [0.5, 0.6) is 11.5 Å². The Labute approximate surface area is 120 Å². The van der Waals surface area contributed by atoms with Crippen LogP contribution in [0.4, 0.5) is 5.82 Å². The number of aromatic nitrogens is 1. The monoisotopic (exact) mass is 274 g/mol. The lowest BCUT2D eigenvalue weighted by molar-refractivity contribution is 0.398. The van der Waals surface area contributed by atoms with Gasteiger partial charge in [0.1, 0.15) is 17.3 Å². The second kappa shape index (κ2) is 6.46. The smallest absolute Gasteiger partial charge is 0.131 e. The van der Waals surface area contributed by atoms with E-state index in [-0.39, 0.29) is 0 Å². The minimum atomic E-state index is 0.757. The highest BCUT2D eigenvalue weighted by molar-refractivity contribution is 5.89. The summed E-state index contributed by atoms with van der Waals surface area (Å²) in [7, 11) is 3.32. The molecule has 4 nitrogen and oxygen atoms in total. The number of anilines is 1. The van der Waals surface area contributed by atoms with E-state index in [0.29, 0.717) is 0 Å². The van der Waals surface area contributed by atoms with Crippen LogP contribution in [0.3, 0.4) is 0 Å². The molecule has 1 aromatic heterocycles. The summed E-state index contributed by atoms with van der Waals surface area (Å²) in [6.07, 6.45) is 2.09. The number of hydrogen-bond acceptors (Lipinski definition) is 4. The van der Waals surface area contributed by atoms with Crippen molar-refractivity contribution in [3.63, 3.8) is 0 Å². The molecule has 1 heterocycles. The Hall–Kier alpha value is -1.97. The molecule has 0 atom stereocenters. The van der Waals surface area contributed by atoms with Crippen molar-refractivity contribution in [1.82, 2.24) is 4.98 Å². The molecule has 0 fully saturated rings. The lowest BCUT2D eigenvalue weighted by atomic mass is 10.1. The summed E-state index contributed by atoms with van der Waals surface area (Å²) in [6.45, 7) is 5.11. The lowest BCUT2D eigenvalue weighted by Gasteiger charge is -2.14. The first-order valence-corrected chi connectivity index (χ1v) is 7.03. The molecule has 4 heteroatoms. The van der Waals surface area contributed by atoms with Crippen molar-refractivity contribution in [1.29, 1.82) is 0 Å². The van der Waals surface area contributed by atoms with Crippen molar-refractivity contribution in [3.8, 4) is 11.5 Å². The number of nitrogens with zero attached hydrogens (tertiary/aromatic N) is 1. The van der Waals surface area contributed by atoms with E-state index in [4.69, 9.17) is 14.5 Å². The molecule has 2 rings (SSSR count). The third kappa shape index (κ3) is 2.79. The van der Waals surface area contributed by atoms with Gasteiger partial charge in [0.15, 0.2) is 0 Å². The zero-order valence-electron chi connectivity index (χ0n) is 12.6. The second-order valence-corrected chi connectivity index (χ2v) is 4.67. The summed E-state index contributed by atoms with van der Waals surface area (Å²) in [5, 5.41) is 4.36. The van der Waals surface area contributed by atoms with E-state index in [1.165, 1.54) is 5.56 Å². The Bertz CT molecular complexity index is 597. The van der Waals surface area contributed by atoms with Crippen LogP contribution in [0.15, 0.2) is 18.2 Å². The first kappa shape index (κ1) is 14.4. The molecule has 0 saturated heterocycles. The van der Waals surface area contributed by atoms with Crippen LogP contribution in [-0.2, 0) is 6.42 Å². The molecule has 0 aliphatic carbocycles. The predicted octanol–water partition coefficient (Wildman–Crippen LogP) is 3.64. The molecular weight excluding hydrogens is 252 g/mol. The van der Waals surface area contributed by atoms with Crippen LogP contribution in [0.25, 0.3) is 10.9 Å². The van der Waals surface area contributed by atoms with Gasteiger partial charge in [-0.15, -0.1) is 0 Å². The van der Waals surface area contributed by atoms with Crippen LogP contribution < -0.4 is 14.8 Å². The zero-order chi connectivity index (χ0) is 14.5. The molecule has 0 aliphatic rings. The Kier molecular flexibility index (Phi) is 4.66. The maximum atomic E-state index is 5.46. The largest absolute Gasteiger partial charge is 0.497 e. The highest BCUT2D eigenvalue weighted by atomic mass is 16.5. The SMILES string of the molecule is CCCc1cc2c(OC)cc(OC)cc2nc1NCC. The van der Waals surface area contributed by atoms with Gasteiger partial charge in [-0.05, 0) is 25.0 Å². The van der Waals surface area contributed by atoms with Gasteiger partial charge in [-0.1, -0.05) is 13.3 Å². The average Bonchev–Trinajstić information content (AvgIpc) is 2.47. The molecule has 0 saturated carbocycles. The Balaban J connectivity index is 2.65. The van der Waals surface area contributed by atoms with Crippen molar-refractivity contribution >= 4 is 16.7 Å². The Morgan fingerprint density at radius 1 is 1.10 bits per heavy atom. The van der Waals surface area contributed by atoms with Crippen LogP contribution >= 0.6 is 0 Å². The molecule has 0 unspecified atom stereocenters. The van der Waals surface area contributed by atoms with Gasteiger partial charge in [-0.3, -0.25) is 0 Å².